The zero-order valence-corrected chi connectivity index (χ0v) is 8.16. The largest absolute Gasteiger partial charge is 0.396 e. The Morgan fingerprint density at radius 3 is 3.07 bits per heavy atom. The summed E-state index contributed by atoms with van der Waals surface area (Å²) in [5, 5.41) is 3.17. The topological polar surface area (TPSA) is 50.9 Å². The molecule has 0 saturated heterocycles. The van der Waals surface area contributed by atoms with E-state index in [1.54, 1.807) is 6.20 Å². The Labute approximate surface area is 84.7 Å². The van der Waals surface area contributed by atoms with Gasteiger partial charge in [-0.2, -0.15) is 0 Å². The van der Waals surface area contributed by atoms with E-state index in [1.165, 1.54) is 0 Å². The van der Waals surface area contributed by atoms with Crippen LogP contribution < -0.4 is 11.1 Å². The van der Waals surface area contributed by atoms with Crippen molar-refractivity contribution < 1.29 is 0 Å². The van der Waals surface area contributed by atoms with Gasteiger partial charge in [-0.05, 0) is 25.0 Å². The van der Waals surface area contributed by atoms with Crippen LogP contribution in [-0.4, -0.2) is 11.5 Å². The fourth-order valence-corrected chi connectivity index (χ4v) is 1.12. The van der Waals surface area contributed by atoms with Crippen molar-refractivity contribution in [2.24, 2.45) is 0 Å². The summed E-state index contributed by atoms with van der Waals surface area (Å²) in [6, 6.07) is 3.65. The third kappa shape index (κ3) is 3.36. The number of rotatable bonds is 5. The first kappa shape index (κ1) is 10.4. The molecule has 1 aromatic heterocycles. The van der Waals surface area contributed by atoms with Crippen molar-refractivity contribution in [3.8, 4) is 12.3 Å². The van der Waals surface area contributed by atoms with Crippen molar-refractivity contribution in [2.75, 3.05) is 17.6 Å². The Morgan fingerprint density at radius 2 is 2.36 bits per heavy atom. The molecule has 1 aromatic rings. The molecule has 0 atom stereocenters. The van der Waals surface area contributed by atoms with Crippen LogP contribution in [0.3, 0.4) is 0 Å². The number of hydrogen-bond donors (Lipinski definition) is 2. The summed E-state index contributed by atoms with van der Waals surface area (Å²) in [6.07, 6.45) is 9.78. The third-order valence-corrected chi connectivity index (χ3v) is 1.88. The van der Waals surface area contributed by atoms with E-state index in [9.17, 15) is 0 Å². The minimum absolute atomic E-state index is 0.685. The number of nitrogen functional groups attached to an aromatic ring is 1. The fourth-order valence-electron chi connectivity index (χ4n) is 1.12. The molecule has 0 unspecified atom stereocenters. The number of nitrogens with two attached hydrogens (primary N) is 1. The van der Waals surface area contributed by atoms with Gasteiger partial charge in [0, 0.05) is 19.2 Å². The lowest BCUT2D eigenvalue weighted by molar-refractivity contribution is 0.787. The van der Waals surface area contributed by atoms with Crippen LogP contribution in [0.15, 0.2) is 18.3 Å². The van der Waals surface area contributed by atoms with Crippen molar-refractivity contribution >= 4 is 11.5 Å². The minimum atomic E-state index is 0.685. The summed E-state index contributed by atoms with van der Waals surface area (Å²) in [5.74, 6) is 3.37. The van der Waals surface area contributed by atoms with Gasteiger partial charge in [-0.25, -0.2) is 4.98 Å². The standard InChI is InChI=1S/C11H15N3/c1-2-3-4-5-8-13-11-10(12)7-6-9-14-11/h1,6-7,9H,3-5,8,12H2,(H,13,14). The molecule has 0 bridgehead atoms. The molecule has 1 rings (SSSR count). The maximum Gasteiger partial charge on any atom is 0.149 e. The Kier molecular flexibility index (Phi) is 4.36. The summed E-state index contributed by atoms with van der Waals surface area (Å²) in [6.45, 7) is 0.864. The van der Waals surface area contributed by atoms with Gasteiger partial charge < -0.3 is 11.1 Å². The number of pyridine rings is 1. The van der Waals surface area contributed by atoms with Gasteiger partial charge in [0.1, 0.15) is 5.82 Å². The fraction of sp³-hybridized carbons (Fsp3) is 0.364. The molecule has 3 heteroatoms. The van der Waals surface area contributed by atoms with E-state index in [2.05, 4.69) is 16.2 Å². The zero-order valence-electron chi connectivity index (χ0n) is 8.16. The molecule has 0 amide bonds. The van der Waals surface area contributed by atoms with Gasteiger partial charge in [-0.3, -0.25) is 0 Å². The minimum Gasteiger partial charge on any atom is -0.396 e. The molecule has 3 N–H and O–H groups in total. The van der Waals surface area contributed by atoms with Crippen LogP contribution in [0.4, 0.5) is 11.5 Å². The molecular weight excluding hydrogens is 174 g/mol. The molecule has 0 aliphatic carbocycles. The van der Waals surface area contributed by atoms with Crippen molar-refractivity contribution in [2.45, 2.75) is 19.3 Å². The first-order valence-corrected chi connectivity index (χ1v) is 4.72. The van der Waals surface area contributed by atoms with Crippen molar-refractivity contribution in [3.63, 3.8) is 0 Å². The van der Waals surface area contributed by atoms with E-state index in [0.717, 1.165) is 31.6 Å². The Hall–Kier alpha value is -1.69. The second-order valence-electron chi connectivity index (χ2n) is 3.03. The van der Waals surface area contributed by atoms with Crippen molar-refractivity contribution in [1.82, 2.24) is 4.98 Å². The van der Waals surface area contributed by atoms with Gasteiger partial charge in [0.15, 0.2) is 0 Å². The van der Waals surface area contributed by atoms with E-state index >= 15 is 0 Å². The highest BCUT2D eigenvalue weighted by atomic mass is 15.0. The lowest BCUT2D eigenvalue weighted by atomic mass is 10.2. The summed E-state index contributed by atoms with van der Waals surface area (Å²) in [5.41, 5.74) is 6.39. The Bertz CT molecular complexity index is 315. The number of terminal acetylenes is 1. The Morgan fingerprint density at radius 1 is 1.50 bits per heavy atom. The third-order valence-electron chi connectivity index (χ3n) is 1.88. The number of aromatic nitrogens is 1. The maximum absolute atomic E-state index is 5.70. The summed E-state index contributed by atoms with van der Waals surface area (Å²) in [7, 11) is 0. The predicted octanol–water partition coefficient (Wildman–Crippen LogP) is 1.88. The molecule has 0 aliphatic rings. The molecule has 1 heterocycles. The number of anilines is 2. The first-order chi connectivity index (χ1) is 6.84. The van der Waals surface area contributed by atoms with E-state index in [0.29, 0.717) is 5.69 Å². The molecule has 14 heavy (non-hydrogen) atoms. The van der Waals surface area contributed by atoms with Gasteiger partial charge in [-0.1, -0.05) is 0 Å². The molecule has 74 valence electrons. The van der Waals surface area contributed by atoms with Crippen LogP contribution in [0.1, 0.15) is 19.3 Å². The van der Waals surface area contributed by atoms with Crippen LogP contribution in [0.25, 0.3) is 0 Å². The molecular formula is C11H15N3. The van der Waals surface area contributed by atoms with Crippen LogP contribution in [0.2, 0.25) is 0 Å². The lowest BCUT2D eigenvalue weighted by Gasteiger charge is -2.06. The molecule has 3 nitrogen and oxygen atoms in total. The van der Waals surface area contributed by atoms with E-state index in [1.807, 2.05) is 12.1 Å². The van der Waals surface area contributed by atoms with Gasteiger partial charge >= 0.3 is 0 Å². The van der Waals surface area contributed by atoms with Crippen LogP contribution in [-0.2, 0) is 0 Å². The van der Waals surface area contributed by atoms with E-state index in [-0.39, 0.29) is 0 Å². The highest BCUT2D eigenvalue weighted by molar-refractivity contribution is 5.60. The summed E-state index contributed by atoms with van der Waals surface area (Å²) in [4.78, 5) is 4.12. The van der Waals surface area contributed by atoms with Gasteiger partial charge in [0.2, 0.25) is 0 Å². The monoisotopic (exact) mass is 189 g/mol. The molecule has 0 fully saturated rings. The quantitative estimate of drug-likeness (QED) is 0.549. The first-order valence-electron chi connectivity index (χ1n) is 4.72. The molecule has 0 saturated carbocycles. The average molecular weight is 189 g/mol. The maximum atomic E-state index is 5.70. The normalized spacial score (nSPS) is 9.36. The number of nitrogens with one attached hydrogen (secondary N) is 1. The SMILES string of the molecule is C#CCCCCNc1ncccc1N. The molecule has 0 aromatic carbocycles. The van der Waals surface area contributed by atoms with Gasteiger partial charge in [0.05, 0.1) is 5.69 Å². The average Bonchev–Trinajstić information content (AvgIpc) is 2.20. The van der Waals surface area contributed by atoms with Crippen molar-refractivity contribution in [1.29, 1.82) is 0 Å². The zero-order chi connectivity index (χ0) is 10.2. The summed E-state index contributed by atoms with van der Waals surface area (Å²) < 4.78 is 0. The predicted molar refractivity (Wildman–Crippen MR) is 59.8 cm³/mol. The van der Waals surface area contributed by atoms with Crippen LogP contribution in [0.5, 0.6) is 0 Å². The summed E-state index contributed by atoms with van der Waals surface area (Å²) >= 11 is 0. The second kappa shape index (κ2) is 5.87. The van der Waals surface area contributed by atoms with Gasteiger partial charge in [-0.15, -0.1) is 12.3 Å². The van der Waals surface area contributed by atoms with Crippen LogP contribution in [0, 0.1) is 12.3 Å². The molecule has 0 spiro atoms. The van der Waals surface area contributed by atoms with E-state index in [4.69, 9.17) is 12.2 Å². The van der Waals surface area contributed by atoms with Gasteiger partial charge in [0.25, 0.3) is 0 Å². The number of nitrogens with zero attached hydrogens (tertiary/aromatic N) is 1. The van der Waals surface area contributed by atoms with Crippen molar-refractivity contribution in [3.05, 3.63) is 18.3 Å². The highest BCUT2D eigenvalue weighted by Crippen LogP contribution is 2.12. The lowest BCUT2D eigenvalue weighted by Crippen LogP contribution is -2.05. The second-order valence-corrected chi connectivity index (χ2v) is 3.03. The molecule has 0 aliphatic heterocycles. The molecule has 0 radical (unpaired) electrons. The number of unbranched alkanes of at least 4 members (excludes halogenated alkanes) is 2. The highest BCUT2D eigenvalue weighted by Gasteiger charge is 1.96. The van der Waals surface area contributed by atoms with Crippen LogP contribution >= 0.6 is 0 Å². The number of hydrogen-bond acceptors (Lipinski definition) is 3. The van der Waals surface area contributed by atoms with E-state index < -0.39 is 0 Å². The Balaban J connectivity index is 2.25. The smallest absolute Gasteiger partial charge is 0.149 e.